The Hall–Kier alpha value is -1.77. The Morgan fingerprint density at radius 2 is 2.00 bits per heavy atom. The first-order valence-corrected chi connectivity index (χ1v) is 4.57. The lowest BCUT2D eigenvalue weighted by Crippen LogP contribution is -1.99. The first-order valence-electron chi connectivity index (χ1n) is 4.57. The van der Waals surface area contributed by atoms with Crippen molar-refractivity contribution >= 4 is 5.69 Å². The molecule has 72 valence electrons. The van der Waals surface area contributed by atoms with Gasteiger partial charge in [0, 0.05) is 24.1 Å². The molecule has 1 aromatic heterocycles. The molecule has 1 aromatic carbocycles. The largest absolute Gasteiger partial charge is 0.399 e. The molecule has 0 bridgehead atoms. The molecule has 0 aliphatic rings. The van der Waals surface area contributed by atoms with Crippen LogP contribution in [0.2, 0.25) is 0 Å². The first-order chi connectivity index (χ1) is 6.75. The predicted octanol–water partition coefficient (Wildman–Crippen LogP) is 1.82. The van der Waals surface area contributed by atoms with Crippen molar-refractivity contribution in [1.29, 1.82) is 0 Å². The number of rotatable bonds is 2. The minimum Gasteiger partial charge on any atom is -0.399 e. The highest BCUT2D eigenvalue weighted by Gasteiger charge is 1.97. The highest BCUT2D eigenvalue weighted by atomic mass is 15.0. The lowest BCUT2D eigenvalue weighted by atomic mass is 10.2. The molecule has 0 atom stereocenters. The van der Waals surface area contributed by atoms with Crippen LogP contribution in [-0.2, 0) is 6.54 Å². The van der Waals surface area contributed by atoms with Crippen molar-refractivity contribution in [2.45, 2.75) is 13.5 Å². The van der Waals surface area contributed by atoms with E-state index in [-0.39, 0.29) is 0 Å². The molecule has 1 heterocycles. The van der Waals surface area contributed by atoms with Crippen LogP contribution in [0.5, 0.6) is 0 Å². The zero-order valence-corrected chi connectivity index (χ0v) is 8.14. The number of aromatic nitrogens is 2. The summed E-state index contributed by atoms with van der Waals surface area (Å²) in [4.78, 5) is 4.07. The van der Waals surface area contributed by atoms with Gasteiger partial charge in [-0.05, 0) is 24.6 Å². The standard InChI is InChI=1S/C11H13N3/c1-9-6-13-8-14(9)7-10-2-4-11(12)5-3-10/h2-6,8H,7,12H2,1H3. The maximum atomic E-state index is 5.61. The molecular weight excluding hydrogens is 174 g/mol. The van der Waals surface area contributed by atoms with Gasteiger partial charge in [-0.1, -0.05) is 12.1 Å². The van der Waals surface area contributed by atoms with Gasteiger partial charge < -0.3 is 10.3 Å². The Balaban J connectivity index is 2.19. The van der Waals surface area contributed by atoms with E-state index in [0.717, 1.165) is 12.2 Å². The van der Waals surface area contributed by atoms with Crippen LogP contribution in [0.25, 0.3) is 0 Å². The van der Waals surface area contributed by atoms with Crippen LogP contribution in [0.3, 0.4) is 0 Å². The Morgan fingerprint density at radius 1 is 1.29 bits per heavy atom. The summed E-state index contributed by atoms with van der Waals surface area (Å²) in [6, 6.07) is 7.91. The minimum absolute atomic E-state index is 0.802. The van der Waals surface area contributed by atoms with E-state index >= 15 is 0 Å². The number of hydrogen-bond donors (Lipinski definition) is 1. The molecule has 0 spiro atoms. The van der Waals surface area contributed by atoms with Gasteiger partial charge in [0.2, 0.25) is 0 Å². The van der Waals surface area contributed by atoms with Crippen LogP contribution in [0.15, 0.2) is 36.8 Å². The third kappa shape index (κ3) is 1.76. The zero-order chi connectivity index (χ0) is 9.97. The van der Waals surface area contributed by atoms with Gasteiger partial charge >= 0.3 is 0 Å². The summed E-state index contributed by atoms with van der Waals surface area (Å²) in [5, 5.41) is 0. The van der Waals surface area contributed by atoms with E-state index in [0.29, 0.717) is 0 Å². The fourth-order valence-electron chi connectivity index (χ4n) is 1.37. The Kier molecular flexibility index (Phi) is 2.23. The Labute approximate surface area is 83.2 Å². The maximum absolute atomic E-state index is 5.61. The SMILES string of the molecule is Cc1cncn1Cc1ccc(N)cc1. The second-order valence-corrected chi connectivity index (χ2v) is 3.40. The molecule has 2 N–H and O–H groups in total. The fourth-order valence-corrected chi connectivity index (χ4v) is 1.37. The van der Waals surface area contributed by atoms with Crippen molar-refractivity contribution in [3.8, 4) is 0 Å². The molecule has 0 unspecified atom stereocenters. The van der Waals surface area contributed by atoms with Crippen LogP contribution in [0, 0.1) is 6.92 Å². The maximum Gasteiger partial charge on any atom is 0.0951 e. The molecule has 0 aliphatic heterocycles. The molecule has 3 nitrogen and oxygen atoms in total. The second-order valence-electron chi connectivity index (χ2n) is 3.40. The quantitative estimate of drug-likeness (QED) is 0.729. The van der Waals surface area contributed by atoms with E-state index < -0.39 is 0 Å². The summed E-state index contributed by atoms with van der Waals surface area (Å²) in [5.74, 6) is 0. The van der Waals surface area contributed by atoms with Crippen molar-refractivity contribution in [3.63, 3.8) is 0 Å². The number of imidazole rings is 1. The molecule has 0 radical (unpaired) electrons. The number of nitrogens with zero attached hydrogens (tertiary/aromatic N) is 2. The number of hydrogen-bond acceptors (Lipinski definition) is 2. The van der Waals surface area contributed by atoms with Gasteiger partial charge in [0.15, 0.2) is 0 Å². The summed E-state index contributed by atoms with van der Waals surface area (Å²) in [5.41, 5.74) is 8.82. The summed E-state index contributed by atoms with van der Waals surface area (Å²) < 4.78 is 2.10. The Bertz CT molecular complexity index is 414. The van der Waals surface area contributed by atoms with Gasteiger partial charge in [-0.15, -0.1) is 0 Å². The van der Waals surface area contributed by atoms with Gasteiger partial charge in [0.1, 0.15) is 0 Å². The average Bonchev–Trinajstić information content (AvgIpc) is 2.56. The van der Waals surface area contributed by atoms with E-state index in [1.165, 1.54) is 11.3 Å². The van der Waals surface area contributed by atoms with Gasteiger partial charge in [-0.3, -0.25) is 0 Å². The lowest BCUT2D eigenvalue weighted by molar-refractivity contribution is 0.770. The first kappa shape index (κ1) is 8.81. The predicted molar refractivity (Wildman–Crippen MR) is 56.9 cm³/mol. The number of anilines is 1. The molecule has 0 amide bonds. The second kappa shape index (κ2) is 3.54. The van der Waals surface area contributed by atoms with Crippen molar-refractivity contribution in [1.82, 2.24) is 9.55 Å². The molecule has 14 heavy (non-hydrogen) atoms. The van der Waals surface area contributed by atoms with Crippen LogP contribution < -0.4 is 5.73 Å². The van der Waals surface area contributed by atoms with Gasteiger partial charge in [-0.2, -0.15) is 0 Å². The lowest BCUT2D eigenvalue weighted by Gasteiger charge is -2.05. The molecule has 0 aliphatic carbocycles. The van der Waals surface area contributed by atoms with Crippen molar-refractivity contribution in [2.75, 3.05) is 5.73 Å². The van der Waals surface area contributed by atoms with Crippen LogP contribution in [0.1, 0.15) is 11.3 Å². The smallest absolute Gasteiger partial charge is 0.0951 e. The highest BCUT2D eigenvalue weighted by Crippen LogP contribution is 2.08. The van der Waals surface area contributed by atoms with Crippen molar-refractivity contribution in [3.05, 3.63) is 48.0 Å². The third-order valence-electron chi connectivity index (χ3n) is 2.25. The molecular formula is C11H13N3. The van der Waals surface area contributed by atoms with Gasteiger partial charge in [0.25, 0.3) is 0 Å². The number of aryl methyl sites for hydroxylation is 1. The molecule has 0 saturated carbocycles. The molecule has 0 fully saturated rings. The van der Waals surface area contributed by atoms with Crippen molar-refractivity contribution < 1.29 is 0 Å². The zero-order valence-electron chi connectivity index (χ0n) is 8.14. The Morgan fingerprint density at radius 3 is 2.57 bits per heavy atom. The molecule has 2 aromatic rings. The third-order valence-corrected chi connectivity index (χ3v) is 2.25. The number of nitrogens with two attached hydrogens (primary N) is 1. The topological polar surface area (TPSA) is 43.8 Å². The monoisotopic (exact) mass is 187 g/mol. The normalized spacial score (nSPS) is 10.4. The van der Waals surface area contributed by atoms with Crippen LogP contribution >= 0.6 is 0 Å². The minimum atomic E-state index is 0.802. The van der Waals surface area contributed by atoms with Gasteiger partial charge in [0.05, 0.1) is 6.33 Å². The van der Waals surface area contributed by atoms with E-state index in [1.807, 2.05) is 43.7 Å². The average molecular weight is 187 g/mol. The van der Waals surface area contributed by atoms with E-state index in [9.17, 15) is 0 Å². The summed E-state index contributed by atoms with van der Waals surface area (Å²) in [6.45, 7) is 2.90. The van der Waals surface area contributed by atoms with Crippen LogP contribution in [0.4, 0.5) is 5.69 Å². The molecule has 2 rings (SSSR count). The summed E-state index contributed by atoms with van der Waals surface area (Å²) >= 11 is 0. The highest BCUT2D eigenvalue weighted by molar-refractivity contribution is 5.39. The summed E-state index contributed by atoms with van der Waals surface area (Å²) in [7, 11) is 0. The fraction of sp³-hybridized carbons (Fsp3) is 0.182. The number of nitrogen functional groups attached to an aromatic ring is 1. The van der Waals surface area contributed by atoms with E-state index in [2.05, 4.69) is 9.55 Å². The van der Waals surface area contributed by atoms with E-state index in [4.69, 9.17) is 5.73 Å². The molecule has 0 saturated heterocycles. The molecule has 3 heteroatoms. The summed E-state index contributed by atoms with van der Waals surface area (Å²) in [6.07, 6.45) is 3.70. The van der Waals surface area contributed by atoms with Gasteiger partial charge in [-0.25, -0.2) is 4.98 Å². The van der Waals surface area contributed by atoms with Crippen LogP contribution in [-0.4, -0.2) is 9.55 Å². The van der Waals surface area contributed by atoms with E-state index in [1.54, 1.807) is 0 Å². The number of benzene rings is 1. The van der Waals surface area contributed by atoms with Crippen molar-refractivity contribution in [2.24, 2.45) is 0 Å².